The molecule has 0 heterocycles. The van der Waals surface area contributed by atoms with Crippen LogP contribution >= 0.6 is 12.4 Å². The topological polar surface area (TPSA) is 9.23 Å². The van der Waals surface area contributed by atoms with Crippen LogP contribution in [-0.4, -0.2) is 0 Å². The minimum Gasteiger partial charge on any atom is -0.394 e. The van der Waals surface area contributed by atoms with E-state index in [0.29, 0.717) is 0 Å². The van der Waals surface area contributed by atoms with E-state index < -0.39 is 29.8 Å². The van der Waals surface area contributed by atoms with Gasteiger partial charge in [-0.15, -0.1) is 3.89 Å². The second kappa shape index (κ2) is 3.52. The molecule has 5 heteroatoms. The first kappa shape index (κ1) is 8.26. The average Bonchev–Trinajstić information content (AvgIpc) is 1.99. The van der Waals surface area contributed by atoms with Gasteiger partial charge in [0.15, 0.2) is 11.6 Å². The Hall–Kier alpha value is -0.840. The van der Waals surface area contributed by atoms with Crippen LogP contribution in [0.5, 0.6) is 5.75 Å². The Labute approximate surface area is 65.7 Å². The first-order valence-electron chi connectivity index (χ1n) is 2.65. The second-order valence-corrected chi connectivity index (χ2v) is 1.99. The van der Waals surface area contributed by atoms with E-state index in [9.17, 15) is 12.7 Å². The summed E-state index contributed by atoms with van der Waals surface area (Å²) in [5, 5.41) is 0. The average molecular weight is 180 g/mol. The van der Waals surface area contributed by atoms with E-state index in [0.717, 1.165) is 12.1 Å². The number of halogens is 3. The highest BCUT2D eigenvalue weighted by Crippen LogP contribution is 2.22. The van der Waals surface area contributed by atoms with E-state index in [2.05, 4.69) is 4.18 Å². The maximum absolute atomic E-state index is 12.5. The largest absolute Gasteiger partial charge is 0.394 e. The van der Waals surface area contributed by atoms with Gasteiger partial charge in [0.25, 0.3) is 12.4 Å². The molecule has 0 aliphatic rings. The van der Waals surface area contributed by atoms with Crippen LogP contribution in [0.25, 0.3) is 0 Å². The van der Waals surface area contributed by atoms with Crippen molar-refractivity contribution >= 4 is 12.4 Å². The molecule has 0 amide bonds. The molecule has 0 radical (unpaired) electrons. The summed E-state index contributed by atoms with van der Waals surface area (Å²) in [7, 11) is 0. The van der Waals surface area contributed by atoms with Gasteiger partial charge < -0.3 is 4.18 Å². The van der Waals surface area contributed by atoms with E-state index in [1.807, 2.05) is 0 Å². The van der Waals surface area contributed by atoms with Crippen LogP contribution in [0.1, 0.15) is 0 Å². The lowest BCUT2D eigenvalue weighted by Crippen LogP contribution is -1.87. The van der Waals surface area contributed by atoms with E-state index in [1.165, 1.54) is 6.07 Å². The van der Waals surface area contributed by atoms with Crippen molar-refractivity contribution in [1.82, 2.24) is 0 Å². The van der Waals surface area contributed by atoms with Gasteiger partial charge in [0.2, 0.25) is 5.82 Å². The zero-order chi connectivity index (χ0) is 8.27. The molecule has 1 rings (SSSR count). The van der Waals surface area contributed by atoms with Crippen molar-refractivity contribution in [2.75, 3.05) is 0 Å². The van der Waals surface area contributed by atoms with Crippen molar-refractivity contribution in [2.24, 2.45) is 0 Å². The summed E-state index contributed by atoms with van der Waals surface area (Å²) >= 11 is -0.529. The summed E-state index contributed by atoms with van der Waals surface area (Å²) in [5.74, 6) is -2.69. The molecule has 0 saturated heterocycles. The second-order valence-electron chi connectivity index (χ2n) is 1.70. The molecule has 1 aromatic rings. The number of rotatable bonds is 2. The maximum atomic E-state index is 12.5. The molecular formula is C6H3F3OS. The molecule has 0 unspecified atom stereocenters. The van der Waals surface area contributed by atoms with Gasteiger partial charge in [-0.25, -0.2) is 4.39 Å². The predicted octanol–water partition coefficient (Wildman–Crippen LogP) is 2.88. The maximum Gasteiger partial charge on any atom is 0.272 e. The standard InChI is InChI=1S/C6H3F3OS/c7-4-2-1-3-5(6(4)8)10-11-9/h1-3H. The first-order valence-corrected chi connectivity index (χ1v) is 3.29. The van der Waals surface area contributed by atoms with Gasteiger partial charge >= 0.3 is 0 Å². The summed E-state index contributed by atoms with van der Waals surface area (Å²) in [4.78, 5) is 0. The predicted molar refractivity (Wildman–Crippen MR) is 35.7 cm³/mol. The fourth-order valence-corrected chi connectivity index (χ4v) is 0.779. The molecule has 1 nitrogen and oxygen atoms in total. The van der Waals surface area contributed by atoms with Crippen LogP contribution in [0.4, 0.5) is 12.7 Å². The summed E-state index contributed by atoms with van der Waals surface area (Å²) in [6.07, 6.45) is 0. The van der Waals surface area contributed by atoms with Gasteiger partial charge in [-0.05, 0) is 12.1 Å². The first-order chi connectivity index (χ1) is 5.25. The SMILES string of the molecule is FSOc1cccc(F)c1F. The summed E-state index contributed by atoms with van der Waals surface area (Å²) in [6, 6.07) is 3.28. The third kappa shape index (κ3) is 1.80. The molecule has 0 aromatic heterocycles. The Bertz CT molecular complexity index is 254. The Balaban J connectivity index is 2.96. The van der Waals surface area contributed by atoms with Crippen molar-refractivity contribution < 1.29 is 16.8 Å². The molecule has 0 N–H and O–H groups in total. The van der Waals surface area contributed by atoms with Gasteiger partial charge in [0, 0.05) is 0 Å². The molecule has 0 aliphatic heterocycles. The van der Waals surface area contributed by atoms with Gasteiger partial charge in [-0.3, -0.25) is 0 Å². The molecule has 0 aliphatic carbocycles. The molecule has 11 heavy (non-hydrogen) atoms. The monoisotopic (exact) mass is 180 g/mol. The lowest BCUT2D eigenvalue weighted by Gasteiger charge is -1.98. The molecule has 0 bridgehead atoms. The van der Waals surface area contributed by atoms with Crippen LogP contribution in [0.3, 0.4) is 0 Å². The van der Waals surface area contributed by atoms with E-state index in [4.69, 9.17) is 0 Å². The van der Waals surface area contributed by atoms with Gasteiger partial charge in [-0.2, -0.15) is 4.39 Å². The molecule has 0 saturated carbocycles. The zero-order valence-corrected chi connectivity index (χ0v) is 6.00. The third-order valence-corrected chi connectivity index (χ3v) is 1.28. The van der Waals surface area contributed by atoms with Crippen LogP contribution in [-0.2, 0) is 0 Å². The van der Waals surface area contributed by atoms with Crippen LogP contribution in [0, 0.1) is 11.6 Å². The van der Waals surface area contributed by atoms with Crippen LogP contribution in [0.15, 0.2) is 18.2 Å². The van der Waals surface area contributed by atoms with Gasteiger partial charge in [-0.1, -0.05) is 6.07 Å². The quantitative estimate of drug-likeness (QED) is 0.647. The lowest BCUT2D eigenvalue weighted by molar-refractivity contribution is 0.467. The van der Waals surface area contributed by atoms with Crippen molar-refractivity contribution in [1.29, 1.82) is 0 Å². The number of hydrogen-bond donors (Lipinski definition) is 0. The smallest absolute Gasteiger partial charge is 0.272 e. The molecule has 0 spiro atoms. The number of hydrogen-bond acceptors (Lipinski definition) is 2. The minimum absolute atomic E-state index is 0.447. The van der Waals surface area contributed by atoms with Crippen molar-refractivity contribution in [3.63, 3.8) is 0 Å². The highest BCUT2D eigenvalue weighted by molar-refractivity contribution is 7.89. The Morgan fingerprint density at radius 1 is 1.27 bits per heavy atom. The Morgan fingerprint density at radius 2 is 2.00 bits per heavy atom. The molecule has 1 aromatic carbocycles. The third-order valence-electron chi connectivity index (χ3n) is 1.04. The zero-order valence-electron chi connectivity index (χ0n) is 5.18. The fourth-order valence-electron chi connectivity index (χ4n) is 0.582. The Morgan fingerprint density at radius 3 is 2.64 bits per heavy atom. The van der Waals surface area contributed by atoms with Gasteiger partial charge in [0.05, 0.1) is 0 Å². The van der Waals surface area contributed by atoms with Crippen LogP contribution < -0.4 is 4.18 Å². The Kier molecular flexibility index (Phi) is 2.64. The summed E-state index contributed by atoms with van der Waals surface area (Å²) in [5.41, 5.74) is 0. The van der Waals surface area contributed by atoms with Crippen molar-refractivity contribution in [2.45, 2.75) is 0 Å². The minimum atomic E-state index is -1.18. The van der Waals surface area contributed by atoms with Crippen LogP contribution in [0.2, 0.25) is 0 Å². The van der Waals surface area contributed by atoms with Crippen molar-refractivity contribution in [3.8, 4) is 5.75 Å². The highest BCUT2D eigenvalue weighted by Gasteiger charge is 2.08. The molecular weight excluding hydrogens is 177 g/mol. The van der Waals surface area contributed by atoms with E-state index in [-0.39, 0.29) is 0 Å². The molecule has 0 atom stereocenters. The summed E-state index contributed by atoms with van der Waals surface area (Å²) in [6.45, 7) is 0. The normalized spacial score (nSPS) is 9.73. The highest BCUT2D eigenvalue weighted by atomic mass is 32.2. The van der Waals surface area contributed by atoms with Gasteiger partial charge in [0.1, 0.15) is 0 Å². The van der Waals surface area contributed by atoms with E-state index >= 15 is 0 Å². The van der Waals surface area contributed by atoms with Crippen molar-refractivity contribution in [3.05, 3.63) is 29.8 Å². The lowest BCUT2D eigenvalue weighted by atomic mass is 10.3. The molecule has 0 fully saturated rings. The summed E-state index contributed by atoms with van der Waals surface area (Å²) < 4.78 is 40.3. The fraction of sp³-hybridized carbons (Fsp3) is 0. The molecule has 60 valence electrons. The number of benzene rings is 1. The van der Waals surface area contributed by atoms with E-state index in [1.54, 1.807) is 0 Å².